The topological polar surface area (TPSA) is 62.7 Å². The highest BCUT2D eigenvalue weighted by Gasteiger charge is 2.23. The summed E-state index contributed by atoms with van der Waals surface area (Å²) in [7, 11) is 1.60. The fourth-order valence-corrected chi connectivity index (χ4v) is 3.60. The number of hydrogen-bond donors (Lipinski definition) is 1. The summed E-state index contributed by atoms with van der Waals surface area (Å²) >= 11 is 0. The van der Waals surface area contributed by atoms with Crippen LogP contribution >= 0.6 is 0 Å². The molecule has 5 heteroatoms. The molecule has 27 heavy (non-hydrogen) atoms. The van der Waals surface area contributed by atoms with E-state index in [4.69, 9.17) is 4.74 Å². The van der Waals surface area contributed by atoms with Gasteiger partial charge in [0.05, 0.1) is 18.7 Å². The molecule has 1 atom stereocenters. The number of methoxy groups -OCH3 is 1. The van der Waals surface area contributed by atoms with Crippen molar-refractivity contribution in [2.75, 3.05) is 20.2 Å². The van der Waals surface area contributed by atoms with Gasteiger partial charge in [0.15, 0.2) is 0 Å². The van der Waals surface area contributed by atoms with Crippen LogP contribution in [0.15, 0.2) is 54.6 Å². The van der Waals surface area contributed by atoms with Gasteiger partial charge in [-0.15, -0.1) is 0 Å². The predicted molar refractivity (Wildman–Crippen MR) is 105 cm³/mol. The minimum atomic E-state index is -0.435. The number of pyridine rings is 1. The number of β-amino-alcohol motifs (C(OH)–C–C–N with tert-alkyl or cyclic N) is 1. The van der Waals surface area contributed by atoms with Crippen molar-refractivity contribution in [3.8, 4) is 17.0 Å². The number of amides is 1. The molecule has 1 aromatic heterocycles. The Hall–Kier alpha value is -2.92. The molecule has 1 fully saturated rings. The first-order chi connectivity index (χ1) is 13.2. The average Bonchev–Trinajstić information content (AvgIpc) is 2.72. The first-order valence-corrected chi connectivity index (χ1v) is 9.17. The van der Waals surface area contributed by atoms with Crippen molar-refractivity contribution in [3.63, 3.8) is 0 Å². The summed E-state index contributed by atoms with van der Waals surface area (Å²) in [5.41, 5.74) is 3.21. The van der Waals surface area contributed by atoms with Gasteiger partial charge >= 0.3 is 0 Å². The number of aliphatic hydroxyl groups is 1. The molecule has 1 amide bonds. The molecule has 2 heterocycles. The third-order valence-electron chi connectivity index (χ3n) is 4.99. The Morgan fingerprint density at radius 2 is 2.04 bits per heavy atom. The quantitative estimate of drug-likeness (QED) is 0.774. The van der Waals surface area contributed by atoms with E-state index in [1.807, 2.05) is 54.6 Å². The normalized spacial score (nSPS) is 17.1. The van der Waals surface area contributed by atoms with Gasteiger partial charge in [0.1, 0.15) is 0 Å². The molecule has 4 rings (SSSR count). The van der Waals surface area contributed by atoms with E-state index in [0.717, 1.165) is 34.9 Å². The lowest BCUT2D eigenvalue weighted by molar-refractivity contribution is 0.0474. The smallest absolute Gasteiger partial charge is 0.253 e. The number of benzene rings is 2. The molecule has 0 spiro atoms. The van der Waals surface area contributed by atoms with Crippen molar-refractivity contribution >= 4 is 16.8 Å². The fraction of sp³-hybridized carbons (Fsp3) is 0.273. The van der Waals surface area contributed by atoms with E-state index >= 15 is 0 Å². The first-order valence-electron chi connectivity index (χ1n) is 9.17. The average molecular weight is 362 g/mol. The first kappa shape index (κ1) is 17.5. The summed E-state index contributed by atoms with van der Waals surface area (Å²) < 4.78 is 5.50. The van der Waals surface area contributed by atoms with Crippen LogP contribution in [0.5, 0.6) is 5.88 Å². The second-order valence-corrected chi connectivity index (χ2v) is 6.87. The maximum atomic E-state index is 12.9. The Bertz CT molecular complexity index is 986. The van der Waals surface area contributed by atoms with Gasteiger partial charge in [0.2, 0.25) is 5.88 Å². The monoisotopic (exact) mass is 362 g/mol. The largest absolute Gasteiger partial charge is 0.481 e. The zero-order valence-electron chi connectivity index (χ0n) is 15.3. The van der Waals surface area contributed by atoms with Crippen molar-refractivity contribution in [1.82, 2.24) is 9.88 Å². The molecule has 138 valence electrons. The number of aromatic nitrogens is 1. The number of para-hydroxylation sites is 1. The van der Waals surface area contributed by atoms with Crippen LogP contribution in [0.1, 0.15) is 23.2 Å². The van der Waals surface area contributed by atoms with Gasteiger partial charge in [-0.05, 0) is 42.7 Å². The van der Waals surface area contributed by atoms with Crippen molar-refractivity contribution in [2.45, 2.75) is 18.9 Å². The molecule has 2 aromatic carbocycles. The minimum absolute atomic E-state index is 0.0525. The van der Waals surface area contributed by atoms with Crippen LogP contribution in [0.2, 0.25) is 0 Å². The molecule has 0 bridgehead atoms. The molecule has 0 aliphatic carbocycles. The highest BCUT2D eigenvalue weighted by atomic mass is 16.5. The Balaban J connectivity index is 1.72. The van der Waals surface area contributed by atoms with Gasteiger partial charge < -0.3 is 14.7 Å². The molecule has 1 aliphatic rings. The van der Waals surface area contributed by atoms with Gasteiger partial charge in [0.25, 0.3) is 5.91 Å². The van der Waals surface area contributed by atoms with E-state index < -0.39 is 6.10 Å². The van der Waals surface area contributed by atoms with Crippen LogP contribution in [0.3, 0.4) is 0 Å². The van der Waals surface area contributed by atoms with Crippen molar-refractivity contribution in [3.05, 3.63) is 60.2 Å². The van der Waals surface area contributed by atoms with Crippen LogP contribution in [0.4, 0.5) is 0 Å². The molecular formula is C22H22N2O3. The zero-order valence-corrected chi connectivity index (χ0v) is 15.3. The van der Waals surface area contributed by atoms with Gasteiger partial charge in [-0.1, -0.05) is 30.3 Å². The molecule has 1 N–H and O–H groups in total. The number of nitrogens with zero attached hydrogens (tertiary/aromatic N) is 2. The molecular weight excluding hydrogens is 340 g/mol. The second kappa shape index (κ2) is 7.37. The lowest BCUT2D eigenvalue weighted by atomic mass is 10.0. The molecule has 1 aliphatic heterocycles. The maximum absolute atomic E-state index is 12.9. The summed E-state index contributed by atoms with van der Waals surface area (Å²) in [6.07, 6.45) is 1.15. The summed E-state index contributed by atoms with van der Waals surface area (Å²) in [4.78, 5) is 19.2. The van der Waals surface area contributed by atoms with Crippen LogP contribution in [0, 0.1) is 0 Å². The van der Waals surface area contributed by atoms with E-state index in [9.17, 15) is 9.90 Å². The van der Waals surface area contributed by atoms with Crippen LogP contribution in [0.25, 0.3) is 22.0 Å². The minimum Gasteiger partial charge on any atom is -0.481 e. The Morgan fingerprint density at radius 3 is 2.85 bits per heavy atom. The van der Waals surface area contributed by atoms with Crippen LogP contribution < -0.4 is 4.74 Å². The summed E-state index contributed by atoms with van der Waals surface area (Å²) in [5.74, 6) is 0.481. The Kier molecular flexibility index (Phi) is 4.77. The lowest BCUT2D eigenvalue weighted by Crippen LogP contribution is -2.42. The SMILES string of the molecule is COc1nc2ccccc2cc1-c1cccc(C(=O)N2CCC[C@@H](O)C2)c1. The highest BCUT2D eigenvalue weighted by molar-refractivity contribution is 5.96. The van der Waals surface area contributed by atoms with Gasteiger partial charge in [0, 0.05) is 29.6 Å². The predicted octanol–water partition coefficient (Wildman–Crippen LogP) is 3.51. The number of hydrogen-bond acceptors (Lipinski definition) is 4. The molecule has 1 saturated heterocycles. The summed E-state index contributed by atoms with van der Waals surface area (Å²) in [6, 6.07) is 17.4. The second-order valence-electron chi connectivity index (χ2n) is 6.87. The van der Waals surface area contributed by atoms with Crippen molar-refractivity contribution in [2.24, 2.45) is 0 Å². The van der Waals surface area contributed by atoms with Gasteiger partial charge in [-0.3, -0.25) is 4.79 Å². The van der Waals surface area contributed by atoms with E-state index in [1.165, 1.54) is 0 Å². The molecule has 3 aromatic rings. The number of piperidine rings is 1. The zero-order chi connectivity index (χ0) is 18.8. The van der Waals surface area contributed by atoms with Gasteiger partial charge in [-0.2, -0.15) is 0 Å². The molecule has 0 saturated carbocycles. The van der Waals surface area contributed by atoms with Crippen molar-refractivity contribution in [1.29, 1.82) is 0 Å². The van der Waals surface area contributed by atoms with Crippen LogP contribution in [-0.2, 0) is 0 Å². The number of carbonyl (C=O) groups excluding carboxylic acids is 1. The Morgan fingerprint density at radius 1 is 1.19 bits per heavy atom. The third-order valence-corrected chi connectivity index (χ3v) is 4.99. The standard InChI is InChI=1S/C22H22N2O3/c1-27-21-19(13-16-6-2-3-10-20(16)23-21)15-7-4-8-17(12-15)22(26)24-11-5-9-18(25)14-24/h2-4,6-8,10,12-13,18,25H,5,9,11,14H2,1H3/t18-/m1/s1. The number of aliphatic hydroxyl groups excluding tert-OH is 1. The third kappa shape index (κ3) is 3.51. The van der Waals surface area contributed by atoms with Crippen LogP contribution in [-0.4, -0.2) is 47.2 Å². The molecule has 0 radical (unpaired) electrons. The Labute approximate surface area is 158 Å². The van der Waals surface area contributed by atoms with Gasteiger partial charge in [-0.25, -0.2) is 4.98 Å². The van der Waals surface area contributed by atoms with E-state index in [-0.39, 0.29) is 5.91 Å². The van der Waals surface area contributed by atoms with E-state index in [1.54, 1.807) is 12.0 Å². The number of rotatable bonds is 3. The highest BCUT2D eigenvalue weighted by Crippen LogP contribution is 2.32. The number of ether oxygens (including phenoxy) is 1. The van der Waals surface area contributed by atoms with Crippen molar-refractivity contribution < 1.29 is 14.6 Å². The number of carbonyl (C=O) groups is 1. The van der Waals surface area contributed by atoms with E-state index in [2.05, 4.69) is 4.98 Å². The summed E-state index contributed by atoms with van der Waals surface area (Å²) in [5, 5.41) is 10.9. The lowest BCUT2D eigenvalue weighted by Gasteiger charge is -2.30. The number of likely N-dealkylation sites (tertiary alicyclic amines) is 1. The molecule has 5 nitrogen and oxygen atoms in total. The summed E-state index contributed by atoms with van der Waals surface area (Å²) in [6.45, 7) is 1.07. The van der Waals surface area contributed by atoms with E-state index in [0.29, 0.717) is 24.5 Å². The maximum Gasteiger partial charge on any atom is 0.253 e. The number of fused-ring (bicyclic) bond motifs is 1. The molecule has 0 unspecified atom stereocenters. The fourth-order valence-electron chi connectivity index (χ4n) is 3.60.